The van der Waals surface area contributed by atoms with Gasteiger partial charge in [0.25, 0.3) is 0 Å². The van der Waals surface area contributed by atoms with E-state index in [0.29, 0.717) is 17.5 Å². The molecule has 118 valence electrons. The lowest BCUT2D eigenvalue weighted by molar-refractivity contribution is 0.0831. The zero-order valence-corrected chi connectivity index (χ0v) is 12.8. The lowest BCUT2D eigenvalue weighted by atomic mass is 9.92. The zero-order valence-electron chi connectivity index (χ0n) is 12.8. The Hall–Kier alpha value is -1.33. The molecule has 1 fully saturated rings. The molecule has 0 aromatic heterocycles. The molecule has 2 rings (SSSR count). The Morgan fingerprint density at radius 2 is 2.00 bits per heavy atom. The summed E-state index contributed by atoms with van der Waals surface area (Å²) in [6.45, 7) is 1.70. The van der Waals surface area contributed by atoms with Crippen molar-refractivity contribution in [1.82, 2.24) is 4.90 Å². The van der Waals surface area contributed by atoms with Crippen LogP contribution in [0.4, 0.5) is 10.1 Å². The number of halogens is 1. The topological polar surface area (TPSA) is 47.7 Å². The van der Waals surface area contributed by atoms with Gasteiger partial charge in [-0.05, 0) is 44.9 Å². The van der Waals surface area contributed by atoms with Gasteiger partial charge in [-0.2, -0.15) is 0 Å². The number of methoxy groups -OCH3 is 1. The molecule has 0 radical (unpaired) electrons. The maximum atomic E-state index is 13.2. The van der Waals surface area contributed by atoms with E-state index >= 15 is 0 Å². The summed E-state index contributed by atoms with van der Waals surface area (Å²) in [6.07, 6.45) is 4.23. The van der Waals surface area contributed by atoms with E-state index in [9.17, 15) is 4.39 Å². The maximum absolute atomic E-state index is 13.2. The summed E-state index contributed by atoms with van der Waals surface area (Å²) in [5.74, 6) is 0.151. The lowest BCUT2D eigenvalue weighted by Gasteiger charge is -2.34. The van der Waals surface area contributed by atoms with E-state index in [1.807, 2.05) is 0 Å². The van der Waals surface area contributed by atoms with E-state index < -0.39 is 0 Å². The predicted octanol–water partition coefficient (Wildman–Crippen LogP) is 2.68. The third-order valence-electron chi connectivity index (χ3n) is 4.18. The van der Waals surface area contributed by atoms with Crippen LogP contribution in [0.5, 0.6) is 5.75 Å². The molecule has 1 saturated carbocycles. The molecule has 0 spiro atoms. The van der Waals surface area contributed by atoms with Crippen LogP contribution < -0.4 is 10.5 Å². The van der Waals surface area contributed by atoms with Gasteiger partial charge in [-0.1, -0.05) is 0 Å². The number of rotatable bonds is 6. The van der Waals surface area contributed by atoms with Crippen LogP contribution in [0.3, 0.4) is 0 Å². The number of nitrogens with two attached hydrogens (primary N) is 1. The van der Waals surface area contributed by atoms with Gasteiger partial charge in [-0.3, -0.25) is 0 Å². The number of hydrogen-bond donors (Lipinski definition) is 1. The summed E-state index contributed by atoms with van der Waals surface area (Å²) >= 11 is 0. The van der Waals surface area contributed by atoms with Gasteiger partial charge in [0, 0.05) is 25.8 Å². The van der Waals surface area contributed by atoms with Gasteiger partial charge >= 0.3 is 0 Å². The van der Waals surface area contributed by atoms with Crippen molar-refractivity contribution in [2.24, 2.45) is 0 Å². The second kappa shape index (κ2) is 7.61. The molecule has 2 N–H and O–H groups in total. The summed E-state index contributed by atoms with van der Waals surface area (Å²) in [5, 5.41) is 0. The van der Waals surface area contributed by atoms with E-state index in [2.05, 4.69) is 11.9 Å². The molecule has 0 bridgehead atoms. The largest absolute Gasteiger partial charge is 0.488 e. The number of anilines is 1. The molecule has 0 unspecified atom stereocenters. The van der Waals surface area contributed by atoms with Crippen molar-refractivity contribution >= 4 is 5.69 Å². The normalized spacial score (nSPS) is 22.5. The van der Waals surface area contributed by atoms with E-state index in [1.165, 1.54) is 12.1 Å². The van der Waals surface area contributed by atoms with Gasteiger partial charge in [0.15, 0.2) is 0 Å². The molecule has 1 aliphatic rings. The van der Waals surface area contributed by atoms with Crippen LogP contribution >= 0.6 is 0 Å². The Bertz CT molecular complexity index is 448. The minimum atomic E-state index is -0.313. The Morgan fingerprint density at radius 3 is 2.67 bits per heavy atom. The first-order valence-corrected chi connectivity index (χ1v) is 7.51. The molecule has 21 heavy (non-hydrogen) atoms. The monoisotopic (exact) mass is 296 g/mol. The van der Waals surface area contributed by atoms with Crippen LogP contribution in [-0.4, -0.2) is 44.4 Å². The average molecular weight is 296 g/mol. The van der Waals surface area contributed by atoms with Crippen LogP contribution in [0, 0.1) is 5.82 Å². The summed E-state index contributed by atoms with van der Waals surface area (Å²) < 4.78 is 24.2. The van der Waals surface area contributed by atoms with Gasteiger partial charge in [-0.15, -0.1) is 0 Å². The molecule has 0 saturated heterocycles. The standard InChI is InChI=1S/C16H25FN2O2/c1-19(9-10-20-2)13-4-6-14(7-5-13)21-16-11-12(17)3-8-15(16)18/h3,8,11,13-14H,4-7,9-10,18H2,1-2H3. The van der Waals surface area contributed by atoms with Gasteiger partial charge in [0.1, 0.15) is 11.6 Å². The Kier molecular flexibility index (Phi) is 5.82. The van der Waals surface area contributed by atoms with E-state index in [4.69, 9.17) is 15.2 Å². The van der Waals surface area contributed by atoms with Gasteiger partial charge in [0.2, 0.25) is 0 Å². The van der Waals surface area contributed by atoms with Gasteiger partial charge < -0.3 is 20.1 Å². The van der Waals surface area contributed by atoms with Crippen molar-refractivity contribution in [2.75, 3.05) is 33.0 Å². The zero-order chi connectivity index (χ0) is 15.2. The second-order valence-electron chi connectivity index (χ2n) is 5.70. The number of nitrogen functional groups attached to an aromatic ring is 1. The minimum absolute atomic E-state index is 0.126. The summed E-state index contributed by atoms with van der Waals surface area (Å²) in [6, 6.07) is 4.84. The summed E-state index contributed by atoms with van der Waals surface area (Å²) in [4.78, 5) is 2.34. The van der Waals surface area contributed by atoms with Crippen molar-refractivity contribution in [3.63, 3.8) is 0 Å². The number of hydrogen-bond acceptors (Lipinski definition) is 4. The fourth-order valence-corrected chi connectivity index (χ4v) is 2.81. The molecule has 0 aliphatic heterocycles. The van der Waals surface area contributed by atoms with Crippen LogP contribution in [0.25, 0.3) is 0 Å². The lowest BCUT2D eigenvalue weighted by Crippen LogP contribution is -2.39. The third-order valence-corrected chi connectivity index (χ3v) is 4.18. The Labute approximate surface area is 126 Å². The third kappa shape index (κ3) is 4.58. The number of benzene rings is 1. The van der Waals surface area contributed by atoms with Crippen molar-refractivity contribution in [1.29, 1.82) is 0 Å². The fraction of sp³-hybridized carbons (Fsp3) is 0.625. The van der Waals surface area contributed by atoms with E-state index in [0.717, 1.165) is 38.8 Å². The Balaban J connectivity index is 1.82. The number of nitrogens with zero attached hydrogens (tertiary/aromatic N) is 1. The Morgan fingerprint density at radius 1 is 1.29 bits per heavy atom. The van der Waals surface area contributed by atoms with Crippen molar-refractivity contribution < 1.29 is 13.9 Å². The van der Waals surface area contributed by atoms with Crippen LogP contribution in [0.15, 0.2) is 18.2 Å². The van der Waals surface area contributed by atoms with Crippen molar-refractivity contribution in [3.8, 4) is 5.75 Å². The maximum Gasteiger partial charge on any atom is 0.145 e. The molecule has 1 aromatic carbocycles. The van der Waals surface area contributed by atoms with Gasteiger partial charge in [0.05, 0.1) is 18.4 Å². The molecule has 4 nitrogen and oxygen atoms in total. The number of likely N-dealkylation sites (N-methyl/N-ethyl adjacent to an activating group) is 1. The molecule has 0 atom stereocenters. The SMILES string of the molecule is COCCN(C)C1CCC(Oc2cc(F)ccc2N)CC1. The van der Waals surface area contributed by atoms with Crippen molar-refractivity contribution in [3.05, 3.63) is 24.0 Å². The highest BCUT2D eigenvalue weighted by Crippen LogP contribution is 2.29. The molecule has 5 heteroatoms. The second-order valence-corrected chi connectivity index (χ2v) is 5.70. The van der Waals surface area contributed by atoms with Crippen molar-refractivity contribution in [2.45, 2.75) is 37.8 Å². The molecular formula is C16H25FN2O2. The van der Waals surface area contributed by atoms with Crippen LogP contribution in [0.1, 0.15) is 25.7 Å². The minimum Gasteiger partial charge on any atom is -0.488 e. The van der Waals surface area contributed by atoms with E-state index in [-0.39, 0.29) is 11.9 Å². The molecular weight excluding hydrogens is 271 g/mol. The highest BCUT2D eigenvalue weighted by molar-refractivity contribution is 5.52. The van der Waals surface area contributed by atoms with E-state index in [1.54, 1.807) is 13.2 Å². The fourth-order valence-electron chi connectivity index (χ4n) is 2.81. The smallest absolute Gasteiger partial charge is 0.145 e. The average Bonchev–Trinajstić information content (AvgIpc) is 2.49. The molecule has 1 aromatic rings. The van der Waals surface area contributed by atoms with Crippen LogP contribution in [-0.2, 0) is 4.74 Å². The van der Waals surface area contributed by atoms with Gasteiger partial charge in [-0.25, -0.2) is 4.39 Å². The highest BCUT2D eigenvalue weighted by Gasteiger charge is 2.25. The highest BCUT2D eigenvalue weighted by atomic mass is 19.1. The van der Waals surface area contributed by atoms with Crippen LogP contribution in [0.2, 0.25) is 0 Å². The first kappa shape index (κ1) is 16.0. The first-order chi connectivity index (χ1) is 10.1. The predicted molar refractivity (Wildman–Crippen MR) is 82.0 cm³/mol. The quantitative estimate of drug-likeness (QED) is 0.820. The number of ether oxygens (including phenoxy) is 2. The first-order valence-electron chi connectivity index (χ1n) is 7.51. The molecule has 0 amide bonds. The molecule has 1 aliphatic carbocycles. The summed E-state index contributed by atoms with van der Waals surface area (Å²) in [5.41, 5.74) is 6.32. The summed E-state index contributed by atoms with van der Waals surface area (Å²) in [7, 11) is 3.86. The molecule has 0 heterocycles.